The molecule has 0 heterocycles. The third-order valence-electron chi connectivity index (χ3n) is 0. The molecule has 0 radical (unpaired) electrons. The van der Waals surface area contributed by atoms with Gasteiger partial charge in [-0.05, 0) is 0 Å². The van der Waals surface area contributed by atoms with E-state index < -0.39 is 8.56 Å². The van der Waals surface area contributed by atoms with E-state index >= 15 is 0 Å². The summed E-state index contributed by atoms with van der Waals surface area (Å²) in [5.74, 6) is 0. The van der Waals surface area contributed by atoms with Gasteiger partial charge in [-0.3, -0.25) is 0 Å². The molecule has 0 aliphatic heterocycles. The van der Waals surface area contributed by atoms with Gasteiger partial charge < -0.3 is 9.59 Å². The minimum absolute atomic E-state index is 0. The molecule has 0 saturated carbocycles. The second-order valence-electron chi connectivity index (χ2n) is 1.40. The van der Waals surface area contributed by atoms with Crippen LogP contribution in [-0.2, 0) is 0 Å². The Morgan fingerprint density at radius 3 is 1.00 bits per heavy atom. The maximum Gasteiger partial charge on any atom is 1.00 e. The van der Waals surface area contributed by atoms with Gasteiger partial charge in [-0.25, -0.2) is 0 Å². The molecule has 0 aliphatic rings. The minimum atomic E-state index is -3.11. The molecule has 0 atom stereocenters. The van der Waals surface area contributed by atoms with Gasteiger partial charge in [0.2, 0.25) is 0 Å². The van der Waals surface area contributed by atoms with Gasteiger partial charge in [-0.1, -0.05) is 0 Å². The van der Waals surface area contributed by atoms with Gasteiger partial charge in [0.1, 0.15) is 0 Å². The van der Waals surface area contributed by atoms with Gasteiger partial charge in [0.15, 0.2) is 0 Å². The first-order valence-corrected chi connectivity index (χ1v) is 4.22. The van der Waals surface area contributed by atoms with E-state index in [4.69, 9.17) is 0 Å². The SMILES string of the molecule is C[Si](C)([O-])[O-].[K+].[K+]. The van der Waals surface area contributed by atoms with Crippen molar-refractivity contribution in [1.29, 1.82) is 0 Å². The van der Waals surface area contributed by atoms with E-state index in [1.807, 2.05) is 0 Å². The van der Waals surface area contributed by atoms with Crippen molar-refractivity contribution in [3.8, 4) is 0 Å². The van der Waals surface area contributed by atoms with Crippen molar-refractivity contribution in [1.82, 2.24) is 0 Å². The third-order valence-corrected chi connectivity index (χ3v) is 0. The molecule has 0 bridgehead atoms. The Labute approximate surface area is 130 Å². The number of hydrogen-bond acceptors (Lipinski definition) is 2. The number of rotatable bonds is 0. The predicted molar refractivity (Wildman–Crippen MR) is 17.5 cm³/mol. The fourth-order valence-corrected chi connectivity index (χ4v) is 0. The summed E-state index contributed by atoms with van der Waals surface area (Å²) in [6, 6.07) is 0. The molecule has 0 aromatic carbocycles. The van der Waals surface area contributed by atoms with Crippen molar-refractivity contribution in [3.63, 3.8) is 0 Å². The van der Waals surface area contributed by atoms with E-state index in [-0.39, 0.29) is 103 Å². The van der Waals surface area contributed by atoms with Gasteiger partial charge in [-0.2, -0.15) is 8.56 Å². The first-order chi connectivity index (χ1) is 2.00. The third kappa shape index (κ3) is 44.4. The molecule has 0 N–H and O–H groups in total. The second-order valence-corrected chi connectivity index (χ2v) is 4.20. The van der Waals surface area contributed by atoms with Crippen LogP contribution in [0.15, 0.2) is 0 Å². The van der Waals surface area contributed by atoms with Crippen molar-refractivity contribution < 1.29 is 112 Å². The maximum atomic E-state index is 9.69. The van der Waals surface area contributed by atoms with Crippen molar-refractivity contribution in [2.24, 2.45) is 0 Å². The molecule has 0 rings (SSSR count). The quantitative estimate of drug-likeness (QED) is 0.337. The molecule has 2 nitrogen and oxygen atoms in total. The molecular weight excluding hydrogens is 162 g/mol. The summed E-state index contributed by atoms with van der Waals surface area (Å²) in [6.45, 7) is 2.43. The van der Waals surface area contributed by atoms with E-state index in [0.717, 1.165) is 0 Å². The Hall–Kier alpha value is 3.41. The van der Waals surface area contributed by atoms with Gasteiger partial charge in [-0.15, -0.1) is 13.1 Å². The van der Waals surface area contributed by atoms with E-state index in [2.05, 4.69) is 0 Å². The molecule has 32 valence electrons. The van der Waals surface area contributed by atoms with E-state index in [1.165, 1.54) is 13.1 Å². The molecule has 0 aromatic heterocycles. The van der Waals surface area contributed by atoms with Crippen LogP contribution in [0, 0.1) is 0 Å². The summed E-state index contributed by atoms with van der Waals surface area (Å²) in [5, 5.41) is 0. The molecule has 0 spiro atoms. The van der Waals surface area contributed by atoms with Crippen molar-refractivity contribution in [2.75, 3.05) is 0 Å². The van der Waals surface area contributed by atoms with E-state index in [9.17, 15) is 9.59 Å². The zero-order valence-corrected chi connectivity index (χ0v) is 12.6. The Morgan fingerprint density at radius 1 is 1.00 bits per heavy atom. The Bertz CT molecular complexity index is 29.2. The fraction of sp³-hybridized carbons (Fsp3) is 1.00. The smallest absolute Gasteiger partial charge is 0.870 e. The van der Waals surface area contributed by atoms with Gasteiger partial charge in [0, 0.05) is 0 Å². The maximum absolute atomic E-state index is 9.69. The average Bonchev–Trinajstić information content (AvgIpc) is 0.722. The standard InChI is InChI=1S/C2H6O2Si.2K/c1-5(2,3)4;;/h1-2H3;;/q-2;2*+1. The second kappa shape index (κ2) is 7.52. The van der Waals surface area contributed by atoms with Crippen LogP contribution in [0.5, 0.6) is 0 Å². The van der Waals surface area contributed by atoms with Crippen LogP contribution in [-0.4, -0.2) is 8.56 Å². The molecule has 5 heteroatoms. The Kier molecular flexibility index (Phi) is 18.0. The molecule has 0 aliphatic carbocycles. The molecule has 7 heavy (non-hydrogen) atoms. The monoisotopic (exact) mass is 168 g/mol. The zero-order chi connectivity index (χ0) is 4.50. The number of hydrogen-bond donors (Lipinski definition) is 0. The minimum Gasteiger partial charge on any atom is -0.870 e. The first-order valence-electron chi connectivity index (χ1n) is 1.41. The average molecular weight is 168 g/mol. The van der Waals surface area contributed by atoms with E-state index in [1.54, 1.807) is 0 Å². The summed E-state index contributed by atoms with van der Waals surface area (Å²) < 4.78 is 0. The topological polar surface area (TPSA) is 46.1 Å². The molecule has 0 saturated heterocycles. The van der Waals surface area contributed by atoms with Crippen LogP contribution in [0.1, 0.15) is 0 Å². The van der Waals surface area contributed by atoms with Gasteiger partial charge >= 0.3 is 103 Å². The van der Waals surface area contributed by atoms with Crippen LogP contribution >= 0.6 is 0 Å². The van der Waals surface area contributed by atoms with Gasteiger partial charge in [0.05, 0.1) is 0 Å². The van der Waals surface area contributed by atoms with Crippen molar-refractivity contribution in [2.45, 2.75) is 13.1 Å². The summed E-state index contributed by atoms with van der Waals surface area (Å²) in [4.78, 5) is 19.4. The van der Waals surface area contributed by atoms with Gasteiger partial charge in [0.25, 0.3) is 0 Å². The van der Waals surface area contributed by atoms with Crippen LogP contribution < -0.4 is 112 Å². The zero-order valence-electron chi connectivity index (χ0n) is 5.32. The van der Waals surface area contributed by atoms with Crippen molar-refractivity contribution >= 4 is 8.56 Å². The fourth-order valence-electron chi connectivity index (χ4n) is 0. The normalized spacial score (nSPS) is 8.57. The van der Waals surface area contributed by atoms with Crippen LogP contribution in [0.4, 0.5) is 0 Å². The van der Waals surface area contributed by atoms with E-state index in [0.29, 0.717) is 0 Å². The van der Waals surface area contributed by atoms with Crippen LogP contribution in [0.25, 0.3) is 0 Å². The Balaban J connectivity index is -0.0000000800. The predicted octanol–water partition coefficient (Wildman–Crippen LogP) is -7.58. The Morgan fingerprint density at radius 2 is 1.00 bits per heavy atom. The summed E-state index contributed by atoms with van der Waals surface area (Å²) in [6.07, 6.45) is 0. The largest absolute Gasteiger partial charge is 1.00 e. The summed E-state index contributed by atoms with van der Waals surface area (Å²) in [7, 11) is -3.11. The first kappa shape index (κ1) is 16.8. The van der Waals surface area contributed by atoms with Crippen molar-refractivity contribution in [3.05, 3.63) is 0 Å². The van der Waals surface area contributed by atoms with Crippen LogP contribution in [0.2, 0.25) is 13.1 Å². The molecule has 0 fully saturated rings. The molecule has 0 unspecified atom stereocenters. The van der Waals surface area contributed by atoms with Crippen LogP contribution in [0.3, 0.4) is 0 Å². The molecule has 0 amide bonds. The molecular formula is C2H6K2O2Si. The summed E-state index contributed by atoms with van der Waals surface area (Å²) >= 11 is 0. The summed E-state index contributed by atoms with van der Waals surface area (Å²) in [5.41, 5.74) is 0. The molecule has 0 aromatic rings.